The van der Waals surface area contributed by atoms with Gasteiger partial charge in [0, 0.05) is 25.1 Å². The Labute approximate surface area is 95.8 Å². The van der Waals surface area contributed by atoms with Crippen molar-refractivity contribution in [3.63, 3.8) is 0 Å². The van der Waals surface area contributed by atoms with Gasteiger partial charge < -0.3 is 10.6 Å². The second-order valence-electron chi connectivity index (χ2n) is 3.41. The molecule has 0 aromatic carbocycles. The van der Waals surface area contributed by atoms with Gasteiger partial charge in [0.05, 0.1) is 0 Å². The number of aromatic nitrogens is 2. The van der Waals surface area contributed by atoms with Gasteiger partial charge in [0.25, 0.3) is 0 Å². The summed E-state index contributed by atoms with van der Waals surface area (Å²) in [4.78, 5) is 18.9. The monoisotopic (exact) mass is 270 g/mol. The molecule has 1 aliphatic rings. The zero-order valence-corrected chi connectivity index (χ0v) is 9.62. The van der Waals surface area contributed by atoms with Crippen molar-refractivity contribution >= 4 is 27.7 Å². The third kappa shape index (κ3) is 2.89. The lowest BCUT2D eigenvalue weighted by Gasteiger charge is -2.11. The summed E-state index contributed by atoms with van der Waals surface area (Å²) in [5.74, 6) is 0.892. The molecule has 6 heteroatoms. The Morgan fingerprint density at radius 1 is 1.60 bits per heavy atom. The predicted octanol–water partition coefficient (Wildman–Crippen LogP) is 0.930. The molecule has 2 rings (SSSR count). The molecule has 1 amide bonds. The fourth-order valence-corrected chi connectivity index (χ4v) is 1.80. The van der Waals surface area contributed by atoms with Gasteiger partial charge >= 0.3 is 0 Å². The molecule has 0 saturated carbocycles. The maximum absolute atomic E-state index is 10.9. The predicted molar refractivity (Wildman–Crippen MR) is 59.4 cm³/mol. The van der Waals surface area contributed by atoms with E-state index in [-0.39, 0.29) is 11.9 Å². The molecule has 2 heterocycles. The minimum atomic E-state index is 0.130. The quantitative estimate of drug-likeness (QED) is 0.802. The molecule has 15 heavy (non-hydrogen) atoms. The van der Waals surface area contributed by atoms with Crippen molar-refractivity contribution in [2.75, 3.05) is 11.9 Å². The van der Waals surface area contributed by atoms with E-state index in [4.69, 9.17) is 0 Å². The smallest absolute Gasteiger partial charge is 0.220 e. The lowest BCUT2D eigenvalue weighted by atomic mass is 10.2. The maximum atomic E-state index is 10.9. The Hall–Kier alpha value is -1.17. The Morgan fingerprint density at radius 3 is 3.13 bits per heavy atom. The van der Waals surface area contributed by atoms with Crippen molar-refractivity contribution in [3.05, 3.63) is 17.0 Å². The van der Waals surface area contributed by atoms with Crippen molar-refractivity contribution in [2.24, 2.45) is 0 Å². The van der Waals surface area contributed by atoms with E-state index in [1.165, 1.54) is 6.33 Å². The first-order valence-corrected chi connectivity index (χ1v) is 5.54. The van der Waals surface area contributed by atoms with Crippen LogP contribution in [0.4, 0.5) is 5.82 Å². The second-order valence-corrected chi connectivity index (χ2v) is 4.22. The zero-order chi connectivity index (χ0) is 10.7. The summed E-state index contributed by atoms with van der Waals surface area (Å²) in [6.45, 7) is 0.704. The van der Waals surface area contributed by atoms with Gasteiger partial charge in [0.1, 0.15) is 16.7 Å². The van der Waals surface area contributed by atoms with Crippen LogP contribution in [0.3, 0.4) is 0 Å². The van der Waals surface area contributed by atoms with Gasteiger partial charge in [-0.25, -0.2) is 9.97 Å². The number of carbonyl (C=O) groups is 1. The van der Waals surface area contributed by atoms with E-state index < -0.39 is 0 Å². The molecule has 0 radical (unpaired) electrons. The molecule has 1 aromatic rings. The van der Waals surface area contributed by atoms with Crippen LogP contribution in [0, 0.1) is 0 Å². The topological polar surface area (TPSA) is 66.9 Å². The standard InChI is InChI=1S/C9H11BrN4O/c10-7-3-8(13-5-12-7)11-4-6-1-2-9(15)14-6/h3,5-6H,1-2,4H2,(H,14,15)(H,11,12,13). The minimum absolute atomic E-state index is 0.130. The van der Waals surface area contributed by atoms with E-state index in [2.05, 4.69) is 36.5 Å². The maximum Gasteiger partial charge on any atom is 0.220 e. The first-order valence-electron chi connectivity index (χ1n) is 4.75. The van der Waals surface area contributed by atoms with Crippen LogP contribution in [-0.4, -0.2) is 28.5 Å². The van der Waals surface area contributed by atoms with E-state index in [9.17, 15) is 4.79 Å². The number of anilines is 1. The molecule has 5 nitrogen and oxygen atoms in total. The van der Waals surface area contributed by atoms with Crippen LogP contribution in [0.25, 0.3) is 0 Å². The molecule has 1 unspecified atom stereocenters. The highest BCUT2D eigenvalue weighted by Crippen LogP contribution is 2.11. The normalized spacial score (nSPS) is 20.1. The number of hydrogen-bond donors (Lipinski definition) is 2. The van der Waals surface area contributed by atoms with E-state index in [0.29, 0.717) is 13.0 Å². The summed E-state index contributed by atoms with van der Waals surface area (Å²) in [6.07, 6.45) is 3.00. The van der Waals surface area contributed by atoms with E-state index in [1.54, 1.807) is 6.07 Å². The van der Waals surface area contributed by atoms with Crippen LogP contribution in [0.5, 0.6) is 0 Å². The Balaban J connectivity index is 1.85. The molecule has 1 atom stereocenters. The molecule has 1 fully saturated rings. The molecule has 0 aliphatic carbocycles. The lowest BCUT2D eigenvalue weighted by molar-refractivity contribution is -0.119. The van der Waals surface area contributed by atoms with Crippen molar-refractivity contribution < 1.29 is 4.79 Å². The van der Waals surface area contributed by atoms with Gasteiger partial charge in [-0.2, -0.15) is 0 Å². The molecule has 1 aliphatic heterocycles. The number of rotatable bonds is 3. The van der Waals surface area contributed by atoms with Crippen LogP contribution < -0.4 is 10.6 Å². The molecule has 2 N–H and O–H groups in total. The van der Waals surface area contributed by atoms with Gasteiger partial charge in [0.2, 0.25) is 5.91 Å². The van der Waals surface area contributed by atoms with Crippen LogP contribution in [0.1, 0.15) is 12.8 Å². The average Bonchev–Trinajstić information content (AvgIpc) is 2.62. The summed E-state index contributed by atoms with van der Waals surface area (Å²) < 4.78 is 0.746. The number of amides is 1. The Kier molecular flexibility index (Phi) is 3.15. The van der Waals surface area contributed by atoms with Gasteiger partial charge in [-0.05, 0) is 22.4 Å². The minimum Gasteiger partial charge on any atom is -0.368 e. The number of halogens is 1. The lowest BCUT2D eigenvalue weighted by Crippen LogP contribution is -2.31. The summed E-state index contributed by atoms with van der Waals surface area (Å²) in [5, 5.41) is 6.03. The molecule has 1 saturated heterocycles. The second kappa shape index (κ2) is 4.57. The van der Waals surface area contributed by atoms with Gasteiger partial charge in [0.15, 0.2) is 0 Å². The Morgan fingerprint density at radius 2 is 2.47 bits per heavy atom. The van der Waals surface area contributed by atoms with Gasteiger partial charge in [-0.15, -0.1) is 0 Å². The van der Waals surface area contributed by atoms with E-state index in [1.807, 2.05) is 0 Å². The number of nitrogens with one attached hydrogen (secondary N) is 2. The average molecular weight is 271 g/mol. The highest BCUT2D eigenvalue weighted by molar-refractivity contribution is 9.10. The van der Waals surface area contributed by atoms with E-state index >= 15 is 0 Å². The largest absolute Gasteiger partial charge is 0.368 e. The molecule has 0 spiro atoms. The fraction of sp³-hybridized carbons (Fsp3) is 0.444. The van der Waals surface area contributed by atoms with Crippen LogP contribution >= 0.6 is 15.9 Å². The summed E-state index contributed by atoms with van der Waals surface area (Å²) in [6, 6.07) is 2.02. The first-order chi connectivity index (χ1) is 7.24. The fourth-order valence-electron chi connectivity index (χ4n) is 1.49. The van der Waals surface area contributed by atoms with Crippen LogP contribution in [0.15, 0.2) is 17.0 Å². The first kappa shape index (κ1) is 10.4. The molecular weight excluding hydrogens is 260 g/mol. The Bertz CT molecular complexity index is 371. The number of nitrogens with zero attached hydrogens (tertiary/aromatic N) is 2. The van der Waals surface area contributed by atoms with E-state index in [0.717, 1.165) is 16.8 Å². The highest BCUT2D eigenvalue weighted by atomic mass is 79.9. The number of hydrogen-bond acceptors (Lipinski definition) is 4. The van der Waals surface area contributed by atoms with Crippen molar-refractivity contribution in [1.82, 2.24) is 15.3 Å². The van der Waals surface area contributed by atoms with Gasteiger partial charge in [-0.1, -0.05) is 0 Å². The van der Waals surface area contributed by atoms with Crippen LogP contribution in [0.2, 0.25) is 0 Å². The third-order valence-electron chi connectivity index (χ3n) is 2.25. The summed E-state index contributed by atoms with van der Waals surface area (Å²) >= 11 is 3.26. The highest BCUT2D eigenvalue weighted by Gasteiger charge is 2.20. The summed E-state index contributed by atoms with van der Waals surface area (Å²) in [5.41, 5.74) is 0. The zero-order valence-electron chi connectivity index (χ0n) is 8.03. The third-order valence-corrected chi connectivity index (χ3v) is 2.68. The summed E-state index contributed by atoms with van der Waals surface area (Å²) in [7, 11) is 0. The molecule has 0 bridgehead atoms. The van der Waals surface area contributed by atoms with Crippen LogP contribution in [-0.2, 0) is 4.79 Å². The van der Waals surface area contributed by atoms with Crippen molar-refractivity contribution in [2.45, 2.75) is 18.9 Å². The van der Waals surface area contributed by atoms with Crippen molar-refractivity contribution in [3.8, 4) is 0 Å². The van der Waals surface area contributed by atoms with Gasteiger partial charge in [-0.3, -0.25) is 4.79 Å². The molecule has 1 aromatic heterocycles. The van der Waals surface area contributed by atoms with Crippen molar-refractivity contribution in [1.29, 1.82) is 0 Å². The molecule has 80 valence electrons. The SMILES string of the molecule is O=C1CCC(CNc2cc(Br)ncn2)N1. The molecular formula is C9H11BrN4O. The number of carbonyl (C=O) groups excluding carboxylic acids is 1.